The SMILES string of the molecule is CN(C)C(ON1C(=O)[C@@H]2[C@H](C1=O)[C@@H]1C=C[C@H]2C1)=[N+](C)C.F[B-](F)(F)F. The fraction of sp³-hybridized carbons (Fsp3) is 0.643. The van der Waals surface area contributed by atoms with Gasteiger partial charge in [0.05, 0.1) is 40.0 Å². The number of allylic oxidation sites excluding steroid dienone is 2. The van der Waals surface area contributed by atoms with Crippen molar-refractivity contribution in [3.8, 4) is 0 Å². The van der Waals surface area contributed by atoms with Crippen LogP contribution in [-0.4, -0.2) is 67.8 Å². The molecule has 2 bridgehead atoms. The van der Waals surface area contributed by atoms with Crippen molar-refractivity contribution in [2.24, 2.45) is 23.7 Å². The topological polar surface area (TPSA) is 52.9 Å². The molecule has 2 aliphatic carbocycles. The molecule has 0 unspecified atom stereocenters. The molecule has 140 valence electrons. The number of imide groups is 1. The van der Waals surface area contributed by atoms with Crippen LogP contribution in [0.5, 0.6) is 0 Å². The van der Waals surface area contributed by atoms with E-state index in [1.165, 1.54) is 0 Å². The number of hydrogen-bond acceptors (Lipinski definition) is 3. The summed E-state index contributed by atoms with van der Waals surface area (Å²) in [6.07, 6.45) is 5.07. The highest BCUT2D eigenvalue weighted by Gasteiger charge is 2.61. The molecule has 25 heavy (non-hydrogen) atoms. The van der Waals surface area contributed by atoms with Gasteiger partial charge >= 0.3 is 13.3 Å². The van der Waals surface area contributed by atoms with Crippen LogP contribution in [0.1, 0.15) is 6.42 Å². The normalized spacial score (nSPS) is 29.4. The maximum absolute atomic E-state index is 12.5. The molecule has 2 amide bonds. The smallest absolute Gasteiger partial charge is 0.418 e. The van der Waals surface area contributed by atoms with Crippen LogP contribution >= 0.6 is 0 Å². The van der Waals surface area contributed by atoms with Crippen LogP contribution < -0.4 is 0 Å². The number of halogens is 4. The van der Waals surface area contributed by atoms with Gasteiger partial charge in [0.1, 0.15) is 0 Å². The first-order valence-electron chi connectivity index (χ1n) is 7.74. The maximum atomic E-state index is 12.5. The summed E-state index contributed by atoms with van der Waals surface area (Å²) in [4.78, 5) is 32.3. The summed E-state index contributed by atoms with van der Waals surface area (Å²) in [6.45, 7) is 0. The molecule has 1 saturated heterocycles. The van der Waals surface area contributed by atoms with Crippen molar-refractivity contribution in [3.05, 3.63) is 12.2 Å². The lowest BCUT2D eigenvalue weighted by molar-refractivity contribution is -0.484. The van der Waals surface area contributed by atoms with E-state index >= 15 is 0 Å². The average Bonchev–Trinajstić information content (AvgIpc) is 3.09. The molecule has 0 spiro atoms. The standard InChI is InChI=1S/C14H20N3O3.BF4/c1-15(2)14(16(3)4)20-17-12(18)10-8-5-6-9(7-8)11(10)13(17)19;2-1(3,4)5/h5-6,8-11H,7H2,1-4H3;/q+1;-1/t8-,9+,10-,11+;. The van der Waals surface area contributed by atoms with Gasteiger partial charge in [-0.05, 0) is 18.3 Å². The lowest BCUT2D eigenvalue weighted by Crippen LogP contribution is -2.42. The average molecular weight is 365 g/mol. The van der Waals surface area contributed by atoms with E-state index < -0.39 is 7.25 Å². The van der Waals surface area contributed by atoms with Crippen molar-refractivity contribution >= 4 is 25.1 Å². The molecule has 6 nitrogen and oxygen atoms in total. The second-order valence-electron chi connectivity index (χ2n) is 6.63. The highest BCUT2D eigenvalue weighted by molar-refractivity contribution is 6.50. The van der Waals surface area contributed by atoms with E-state index in [0.29, 0.717) is 6.02 Å². The summed E-state index contributed by atoms with van der Waals surface area (Å²) in [6, 6.07) is 0.465. The molecule has 3 rings (SSSR count). The van der Waals surface area contributed by atoms with Crippen LogP contribution in [0.3, 0.4) is 0 Å². The van der Waals surface area contributed by atoms with Gasteiger partial charge < -0.3 is 17.3 Å². The highest BCUT2D eigenvalue weighted by atomic mass is 19.5. The molecule has 1 saturated carbocycles. The van der Waals surface area contributed by atoms with Crippen LogP contribution in [-0.2, 0) is 14.4 Å². The highest BCUT2D eigenvalue weighted by Crippen LogP contribution is 2.52. The van der Waals surface area contributed by atoms with E-state index in [4.69, 9.17) is 4.84 Å². The Balaban J connectivity index is 0.000000399. The Morgan fingerprint density at radius 1 is 1.12 bits per heavy atom. The first-order chi connectivity index (χ1) is 11.4. The zero-order chi connectivity index (χ0) is 19.1. The van der Waals surface area contributed by atoms with Crippen LogP contribution in [0.4, 0.5) is 17.3 Å². The minimum atomic E-state index is -6.00. The summed E-state index contributed by atoms with van der Waals surface area (Å²) < 4.78 is 40.7. The summed E-state index contributed by atoms with van der Waals surface area (Å²) in [5.41, 5.74) is 0. The lowest BCUT2D eigenvalue weighted by atomic mass is 9.85. The van der Waals surface area contributed by atoms with Crippen molar-refractivity contribution in [1.82, 2.24) is 9.96 Å². The first-order valence-corrected chi connectivity index (χ1v) is 7.74. The summed E-state index contributed by atoms with van der Waals surface area (Å²) in [5.74, 6) is -0.420. The molecule has 3 aliphatic rings. The summed E-state index contributed by atoms with van der Waals surface area (Å²) in [7, 11) is 1.25. The molecule has 11 heteroatoms. The van der Waals surface area contributed by atoms with Gasteiger partial charge in [0, 0.05) is 0 Å². The van der Waals surface area contributed by atoms with Gasteiger partial charge in [0.2, 0.25) is 0 Å². The number of hydrogen-bond donors (Lipinski definition) is 0. The van der Waals surface area contributed by atoms with Crippen LogP contribution in [0.15, 0.2) is 12.2 Å². The van der Waals surface area contributed by atoms with E-state index in [9.17, 15) is 26.9 Å². The van der Waals surface area contributed by atoms with Gasteiger partial charge in [-0.15, -0.1) is 0 Å². The Bertz CT molecular complexity index is 595. The van der Waals surface area contributed by atoms with Gasteiger partial charge in [-0.25, -0.2) is 9.48 Å². The van der Waals surface area contributed by atoms with E-state index in [0.717, 1.165) is 11.5 Å². The largest absolute Gasteiger partial charge is 0.673 e. The van der Waals surface area contributed by atoms with E-state index in [2.05, 4.69) is 12.2 Å². The van der Waals surface area contributed by atoms with Gasteiger partial charge in [0.15, 0.2) is 0 Å². The number of carbonyl (C=O) groups excluding carboxylic acids is 2. The predicted octanol–water partition coefficient (Wildman–Crippen LogP) is 1.21. The zero-order valence-electron chi connectivity index (χ0n) is 14.3. The molecule has 0 aromatic carbocycles. The number of fused-ring (bicyclic) bond motifs is 5. The minimum absolute atomic E-state index is 0.196. The molecule has 1 heterocycles. The molecule has 0 aromatic heterocycles. The molecule has 4 atom stereocenters. The van der Waals surface area contributed by atoms with Gasteiger partial charge in [-0.2, -0.15) is 0 Å². The van der Waals surface area contributed by atoms with Crippen LogP contribution in [0.25, 0.3) is 0 Å². The third-order valence-electron chi connectivity index (χ3n) is 4.37. The lowest BCUT2D eigenvalue weighted by Gasteiger charge is -2.18. The maximum Gasteiger partial charge on any atom is 0.673 e. The third-order valence-corrected chi connectivity index (χ3v) is 4.37. The van der Waals surface area contributed by atoms with Crippen molar-refractivity contribution in [1.29, 1.82) is 0 Å². The predicted molar refractivity (Wildman–Crippen MR) is 81.6 cm³/mol. The first kappa shape index (κ1) is 19.3. The Kier molecular flexibility index (Phi) is 5.15. The van der Waals surface area contributed by atoms with Crippen molar-refractivity contribution < 1.29 is 36.3 Å². The molecule has 0 N–H and O–H groups in total. The van der Waals surface area contributed by atoms with Crippen molar-refractivity contribution in [3.63, 3.8) is 0 Å². The number of amidine groups is 1. The van der Waals surface area contributed by atoms with Crippen LogP contribution in [0, 0.1) is 23.7 Å². The fourth-order valence-electron chi connectivity index (χ4n) is 3.61. The number of hydroxylamine groups is 2. The quantitative estimate of drug-likeness (QED) is 0.133. The van der Waals surface area contributed by atoms with Gasteiger partial charge in [-0.3, -0.25) is 14.4 Å². The number of carbonyl (C=O) groups is 2. The summed E-state index contributed by atoms with van der Waals surface area (Å²) in [5, 5.41) is 0.969. The minimum Gasteiger partial charge on any atom is -0.418 e. The molecule has 1 aliphatic heterocycles. The number of amides is 2. The molecular formula is C14H20BF4N3O3. The van der Waals surface area contributed by atoms with Gasteiger partial charge in [0.25, 0.3) is 11.8 Å². The Morgan fingerprint density at radius 3 is 1.84 bits per heavy atom. The van der Waals surface area contributed by atoms with Crippen LogP contribution in [0.2, 0.25) is 0 Å². The molecular weight excluding hydrogens is 345 g/mol. The second-order valence-corrected chi connectivity index (χ2v) is 6.63. The Morgan fingerprint density at radius 2 is 1.52 bits per heavy atom. The molecule has 2 fully saturated rings. The second kappa shape index (κ2) is 6.68. The molecule has 0 aromatic rings. The summed E-state index contributed by atoms with van der Waals surface area (Å²) >= 11 is 0. The monoisotopic (exact) mass is 365 g/mol. The number of rotatable bonds is 1. The van der Waals surface area contributed by atoms with E-state index in [1.54, 1.807) is 9.48 Å². The van der Waals surface area contributed by atoms with Gasteiger partial charge in [-0.1, -0.05) is 17.2 Å². The van der Waals surface area contributed by atoms with Crippen molar-refractivity contribution in [2.75, 3.05) is 28.2 Å². The number of nitrogens with zero attached hydrogens (tertiary/aromatic N) is 3. The van der Waals surface area contributed by atoms with E-state index in [-0.39, 0.29) is 35.5 Å². The fourth-order valence-corrected chi connectivity index (χ4v) is 3.61. The Hall–Kier alpha value is -2.07. The molecule has 0 radical (unpaired) electrons. The third kappa shape index (κ3) is 3.96. The zero-order valence-corrected chi connectivity index (χ0v) is 14.3. The Labute approximate surface area is 142 Å². The van der Waals surface area contributed by atoms with E-state index in [1.807, 2.05) is 28.2 Å². The van der Waals surface area contributed by atoms with Crippen molar-refractivity contribution in [2.45, 2.75) is 6.42 Å².